The van der Waals surface area contributed by atoms with Gasteiger partial charge in [-0.25, -0.2) is 26.4 Å². The average molecular weight is 641 g/mol. The van der Waals surface area contributed by atoms with Crippen LogP contribution in [-0.2, 0) is 26.0 Å². The van der Waals surface area contributed by atoms with Crippen molar-refractivity contribution in [1.82, 2.24) is 5.32 Å². The zero-order valence-corrected chi connectivity index (χ0v) is 24.9. The van der Waals surface area contributed by atoms with Crippen LogP contribution in [0.2, 0.25) is 0 Å². The second-order valence-electron chi connectivity index (χ2n) is 9.91. The summed E-state index contributed by atoms with van der Waals surface area (Å²) in [5.74, 6) is -4.53. The highest BCUT2D eigenvalue weighted by atomic mass is 32.2. The second-order valence-corrected chi connectivity index (χ2v) is 11.7. The van der Waals surface area contributed by atoms with E-state index >= 15 is 0 Å². The standard InChI is InChI=1S/C32H27F3N2O7S/c1-42-29-16-21(33)9-12-24(29)19-7-10-23(11-8-19)45(40,41)37-27-6-4-3-5-20(27)15-28(37)31(38)36-13-14-44-22-17-25(34)30(26(35)18-22)32(39)43-2/h3-12,16-18,28H,13-15H2,1-2H3,(H,36,38)/t28-/m0/s1. The number of benzene rings is 4. The summed E-state index contributed by atoms with van der Waals surface area (Å²) < 4.78 is 86.0. The molecule has 4 aromatic rings. The van der Waals surface area contributed by atoms with Gasteiger partial charge in [-0.05, 0) is 41.5 Å². The van der Waals surface area contributed by atoms with Crippen LogP contribution < -0.4 is 19.1 Å². The monoisotopic (exact) mass is 640 g/mol. The molecule has 234 valence electrons. The van der Waals surface area contributed by atoms with Gasteiger partial charge in [0.1, 0.15) is 47.2 Å². The fourth-order valence-corrected chi connectivity index (χ4v) is 6.72. The molecule has 0 aromatic heterocycles. The fraction of sp³-hybridized carbons (Fsp3) is 0.188. The summed E-state index contributed by atoms with van der Waals surface area (Å²) in [5.41, 5.74) is 1.32. The van der Waals surface area contributed by atoms with Gasteiger partial charge < -0.3 is 19.5 Å². The lowest BCUT2D eigenvalue weighted by molar-refractivity contribution is -0.122. The number of para-hydroxylation sites is 1. The molecule has 1 aliphatic heterocycles. The number of halogens is 3. The van der Waals surface area contributed by atoms with Gasteiger partial charge in [-0.3, -0.25) is 9.10 Å². The maximum absolute atomic E-state index is 14.2. The summed E-state index contributed by atoms with van der Waals surface area (Å²) >= 11 is 0. The van der Waals surface area contributed by atoms with Gasteiger partial charge in [-0.15, -0.1) is 0 Å². The number of sulfonamides is 1. The maximum atomic E-state index is 14.2. The van der Waals surface area contributed by atoms with E-state index in [9.17, 15) is 31.2 Å². The van der Waals surface area contributed by atoms with Gasteiger partial charge in [0.15, 0.2) is 0 Å². The molecule has 0 spiro atoms. The fourth-order valence-electron chi connectivity index (χ4n) is 5.07. The first kappa shape index (κ1) is 31.4. The Morgan fingerprint density at radius 3 is 2.29 bits per heavy atom. The molecular weight excluding hydrogens is 613 g/mol. The van der Waals surface area contributed by atoms with E-state index in [0.717, 1.165) is 23.5 Å². The van der Waals surface area contributed by atoms with E-state index in [2.05, 4.69) is 10.1 Å². The topological polar surface area (TPSA) is 111 Å². The summed E-state index contributed by atoms with van der Waals surface area (Å²) in [6.07, 6.45) is 0.109. The number of esters is 1. The third-order valence-electron chi connectivity index (χ3n) is 7.19. The highest BCUT2D eigenvalue weighted by Gasteiger charge is 2.42. The number of hydrogen-bond donors (Lipinski definition) is 1. The Balaban J connectivity index is 1.31. The van der Waals surface area contributed by atoms with Crippen molar-refractivity contribution in [1.29, 1.82) is 0 Å². The van der Waals surface area contributed by atoms with Gasteiger partial charge in [0, 0.05) is 30.2 Å². The summed E-state index contributed by atoms with van der Waals surface area (Å²) in [6.45, 7) is -0.321. The summed E-state index contributed by atoms with van der Waals surface area (Å²) in [5, 5.41) is 2.62. The zero-order chi connectivity index (χ0) is 32.3. The van der Waals surface area contributed by atoms with Crippen molar-refractivity contribution in [2.75, 3.05) is 31.7 Å². The van der Waals surface area contributed by atoms with Crippen LogP contribution in [0.15, 0.2) is 83.8 Å². The molecule has 0 radical (unpaired) electrons. The van der Waals surface area contributed by atoms with Gasteiger partial charge >= 0.3 is 5.97 Å². The first-order valence-electron chi connectivity index (χ1n) is 13.6. The van der Waals surface area contributed by atoms with Crippen molar-refractivity contribution in [2.45, 2.75) is 17.4 Å². The van der Waals surface area contributed by atoms with Crippen LogP contribution in [0.4, 0.5) is 18.9 Å². The van der Waals surface area contributed by atoms with Gasteiger partial charge in [-0.2, -0.15) is 0 Å². The van der Waals surface area contributed by atoms with Crippen molar-refractivity contribution in [3.63, 3.8) is 0 Å². The van der Waals surface area contributed by atoms with E-state index in [4.69, 9.17) is 9.47 Å². The number of rotatable bonds is 10. The lowest BCUT2D eigenvalue weighted by Crippen LogP contribution is -2.48. The van der Waals surface area contributed by atoms with Gasteiger partial charge in [-0.1, -0.05) is 30.3 Å². The molecule has 5 rings (SSSR count). The number of anilines is 1. The molecule has 9 nitrogen and oxygen atoms in total. The van der Waals surface area contributed by atoms with Crippen LogP contribution in [-0.4, -0.2) is 53.7 Å². The predicted octanol–water partition coefficient (Wildman–Crippen LogP) is 4.88. The molecule has 0 saturated heterocycles. The molecule has 1 atom stereocenters. The molecule has 0 aliphatic carbocycles. The van der Waals surface area contributed by atoms with Crippen molar-refractivity contribution < 1.29 is 45.4 Å². The van der Waals surface area contributed by atoms with E-state index in [1.165, 1.54) is 37.4 Å². The predicted molar refractivity (Wildman–Crippen MR) is 158 cm³/mol. The van der Waals surface area contributed by atoms with Crippen molar-refractivity contribution in [3.05, 3.63) is 107 Å². The summed E-state index contributed by atoms with van der Waals surface area (Å²) in [4.78, 5) is 24.8. The number of amides is 1. The summed E-state index contributed by atoms with van der Waals surface area (Å²) in [7, 11) is -1.84. The van der Waals surface area contributed by atoms with E-state index in [-0.39, 0.29) is 36.0 Å². The van der Waals surface area contributed by atoms with Crippen LogP contribution in [0.1, 0.15) is 15.9 Å². The highest BCUT2D eigenvalue weighted by Crippen LogP contribution is 2.38. The normalized spacial score (nSPS) is 14.1. The minimum Gasteiger partial charge on any atom is -0.496 e. The van der Waals surface area contributed by atoms with Gasteiger partial charge in [0.2, 0.25) is 5.91 Å². The largest absolute Gasteiger partial charge is 0.496 e. The lowest BCUT2D eigenvalue weighted by Gasteiger charge is -2.26. The molecule has 0 bridgehead atoms. The van der Waals surface area contributed by atoms with Gasteiger partial charge in [0.25, 0.3) is 10.0 Å². The third-order valence-corrected chi connectivity index (χ3v) is 9.03. The number of nitrogens with zero attached hydrogens (tertiary/aromatic N) is 1. The molecule has 1 aliphatic rings. The smallest absolute Gasteiger partial charge is 0.343 e. The first-order valence-corrected chi connectivity index (χ1v) is 15.0. The van der Waals surface area contributed by atoms with Crippen LogP contribution in [0, 0.1) is 17.5 Å². The number of fused-ring (bicyclic) bond motifs is 1. The number of hydrogen-bond acceptors (Lipinski definition) is 7. The second kappa shape index (κ2) is 12.9. The van der Waals surface area contributed by atoms with Crippen molar-refractivity contribution >= 4 is 27.6 Å². The summed E-state index contributed by atoms with van der Waals surface area (Å²) in [6, 6.07) is 17.2. The number of nitrogens with one attached hydrogen (secondary N) is 1. The highest BCUT2D eigenvalue weighted by molar-refractivity contribution is 7.93. The Morgan fingerprint density at radius 1 is 0.933 bits per heavy atom. The third kappa shape index (κ3) is 6.29. The van der Waals surface area contributed by atoms with E-state index < -0.39 is 51.0 Å². The van der Waals surface area contributed by atoms with Crippen LogP contribution >= 0.6 is 0 Å². The molecule has 13 heteroatoms. The Labute approximate surface area is 257 Å². The zero-order valence-electron chi connectivity index (χ0n) is 24.1. The lowest BCUT2D eigenvalue weighted by atomic mass is 10.0. The van der Waals surface area contributed by atoms with Crippen LogP contribution in [0.5, 0.6) is 11.5 Å². The quantitative estimate of drug-likeness (QED) is 0.194. The first-order chi connectivity index (χ1) is 21.5. The number of carbonyl (C=O) groups is 2. The SMILES string of the molecule is COC(=O)c1c(F)cc(OCCNC(=O)[C@@H]2Cc3ccccc3N2S(=O)(=O)c2ccc(-c3ccc(F)cc3OC)cc2)cc1F. The molecule has 45 heavy (non-hydrogen) atoms. The number of methoxy groups -OCH3 is 2. The Hall–Kier alpha value is -5.04. The van der Waals surface area contributed by atoms with Crippen molar-refractivity contribution in [3.8, 4) is 22.6 Å². The average Bonchev–Trinajstić information content (AvgIpc) is 3.43. The molecule has 1 amide bonds. The van der Waals surface area contributed by atoms with E-state index in [0.29, 0.717) is 22.4 Å². The van der Waals surface area contributed by atoms with E-state index in [1.807, 2.05) is 0 Å². The number of carbonyl (C=O) groups excluding carboxylic acids is 2. The minimum atomic E-state index is -4.24. The van der Waals surface area contributed by atoms with Crippen LogP contribution in [0.25, 0.3) is 11.1 Å². The van der Waals surface area contributed by atoms with Crippen molar-refractivity contribution in [2.24, 2.45) is 0 Å². The molecule has 0 unspecified atom stereocenters. The minimum absolute atomic E-state index is 0.0652. The molecule has 4 aromatic carbocycles. The molecule has 0 saturated carbocycles. The molecule has 1 heterocycles. The molecule has 0 fully saturated rings. The Bertz CT molecular complexity index is 1840. The van der Waals surface area contributed by atoms with Gasteiger partial charge in [0.05, 0.1) is 31.3 Å². The molecular formula is C32H27F3N2O7S. The molecule has 1 N–H and O–H groups in total. The number of ether oxygens (including phenoxy) is 3. The van der Waals surface area contributed by atoms with E-state index in [1.54, 1.807) is 36.4 Å². The van der Waals surface area contributed by atoms with Crippen LogP contribution in [0.3, 0.4) is 0 Å². The Kier molecular flexibility index (Phi) is 9.00. The Morgan fingerprint density at radius 2 is 1.62 bits per heavy atom. The maximum Gasteiger partial charge on any atom is 0.343 e.